The minimum Gasteiger partial charge on any atom is -0.485 e. The van der Waals surface area contributed by atoms with Gasteiger partial charge in [0.2, 0.25) is 0 Å². The van der Waals surface area contributed by atoms with E-state index in [1.54, 1.807) is 11.8 Å². The number of carbonyl (C=O) groups is 1. The Morgan fingerprint density at radius 3 is 2.89 bits per heavy atom. The smallest absolute Gasteiger partial charge is 0.298 e. The highest BCUT2D eigenvalue weighted by Crippen LogP contribution is 2.40. The number of rotatable bonds is 3. The summed E-state index contributed by atoms with van der Waals surface area (Å²) in [5.74, 6) is 6.62. The van der Waals surface area contributed by atoms with Gasteiger partial charge in [-0.25, -0.2) is 9.97 Å². The summed E-state index contributed by atoms with van der Waals surface area (Å²) >= 11 is 0. The fraction of sp³-hybridized carbons (Fsp3) is 0.385. The second-order valence-corrected chi connectivity index (χ2v) is 9.09. The van der Waals surface area contributed by atoms with Crippen LogP contribution in [0.15, 0.2) is 30.7 Å². The monoisotopic (exact) mass is 485 g/mol. The van der Waals surface area contributed by atoms with Gasteiger partial charge in [0, 0.05) is 49.8 Å². The number of ether oxygens (including phenoxy) is 2. The molecule has 0 bridgehead atoms. The molecule has 3 aliphatic heterocycles. The average Bonchev–Trinajstić information content (AvgIpc) is 3.25. The molecule has 0 unspecified atom stereocenters. The maximum Gasteiger partial charge on any atom is 0.298 e. The first-order valence-electron chi connectivity index (χ1n) is 12.1. The van der Waals surface area contributed by atoms with Crippen molar-refractivity contribution in [3.63, 3.8) is 0 Å². The van der Waals surface area contributed by atoms with Gasteiger partial charge in [-0.15, -0.1) is 0 Å². The number of hydrogen-bond donors (Lipinski definition) is 1. The Labute approximate surface area is 209 Å². The van der Waals surface area contributed by atoms with Crippen LogP contribution >= 0.6 is 0 Å². The fourth-order valence-electron chi connectivity index (χ4n) is 4.83. The maximum absolute atomic E-state index is 11.9. The number of anilines is 3. The van der Waals surface area contributed by atoms with Crippen LogP contribution in [-0.4, -0.2) is 69.9 Å². The molecule has 3 aliphatic rings. The number of nitrogens with zero attached hydrogens (tertiary/aromatic N) is 6. The Bertz CT molecular complexity index is 1380. The van der Waals surface area contributed by atoms with Crippen LogP contribution in [0.25, 0.3) is 11.3 Å². The Morgan fingerprint density at radius 1 is 1.25 bits per heavy atom. The van der Waals surface area contributed by atoms with E-state index in [9.17, 15) is 4.79 Å². The number of fused-ring (bicyclic) bond motifs is 2. The molecule has 0 aliphatic carbocycles. The number of nitrogens with one attached hydrogen (secondary N) is 1. The van der Waals surface area contributed by atoms with Gasteiger partial charge in [-0.3, -0.25) is 9.48 Å². The lowest BCUT2D eigenvalue weighted by Gasteiger charge is -2.37. The van der Waals surface area contributed by atoms with Gasteiger partial charge in [0.1, 0.15) is 12.4 Å². The third-order valence-corrected chi connectivity index (χ3v) is 6.79. The molecule has 0 saturated carbocycles. The fourth-order valence-corrected chi connectivity index (χ4v) is 4.83. The van der Waals surface area contributed by atoms with Gasteiger partial charge >= 0.3 is 0 Å². The summed E-state index contributed by atoms with van der Waals surface area (Å²) in [5.41, 5.74) is 5.47. The van der Waals surface area contributed by atoms with Crippen LogP contribution in [0.1, 0.15) is 24.2 Å². The van der Waals surface area contributed by atoms with E-state index < -0.39 is 0 Å². The molecule has 1 N–H and O–H groups in total. The highest BCUT2D eigenvalue weighted by molar-refractivity contribution is 5.94. The number of morpholine rings is 1. The van der Waals surface area contributed by atoms with Gasteiger partial charge in [0.15, 0.2) is 5.75 Å². The van der Waals surface area contributed by atoms with Gasteiger partial charge in [-0.2, -0.15) is 5.10 Å². The van der Waals surface area contributed by atoms with Crippen molar-refractivity contribution in [2.75, 3.05) is 49.6 Å². The number of aromatic nitrogens is 4. The van der Waals surface area contributed by atoms with E-state index in [0.29, 0.717) is 32.9 Å². The summed E-state index contributed by atoms with van der Waals surface area (Å²) in [6.45, 7) is 8.36. The normalized spacial score (nSPS) is 16.9. The predicted molar refractivity (Wildman–Crippen MR) is 134 cm³/mol. The topological polar surface area (TPSA) is 97.6 Å². The second-order valence-electron chi connectivity index (χ2n) is 9.09. The first-order chi connectivity index (χ1) is 17.6. The van der Waals surface area contributed by atoms with E-state index in [1.165, 1.54) is 0 Å². The van der Waals surface area contributed by atoms with Crippen molar-refractivity contribution in [1.29, 1.82) is 0 Å². The zero-order valence-electron chi connectivity index (χ0n) is 20.3. The highest BCUT2D eigenvalue weighted by Gasteiger charge is 2.32. The van der Waals surface area contributed by atoms with Crippen molar-refractivity contribution in [2.45, 2.75) is 26.5 Å². The summed E-state index contributed by atoms with van der Waals surface area (Å²) in [4.78, 5) is 25.4. The minimum atomic E-state index is -0.138. The minimum absolute atomic E-state index is 0.138. The predicted octanol–water partition coefficient (Wildman–Crippen LogP) is 2.53. The van der Waals surface area contributed by atoms with Gasteiger partial charge < -0.3 is 24.6 Å². The highest BCUT2D eigenvalue weighted by atomic mass is 16.5. The van der Waals surface area contributed by atoms with Gasteiger partial charge in [0.25, 0.3) is 5.91 Å². The quantitative estimate of drug-likeness (QED) is 0.566. The SMILES string of the molecule is CC#CC(=O)N1CC(n2cc(-c3cc4c(c(C)n3)OCc3c(N5CCOCC5)ccnc3N4)cn2)C1. The summed E-state index contributed by atoms with van der Waals surface area (Å²) < 4.78 is 13.7. The molecule has 2 saturated heterocycles. The number of amides is 1. The van der Waals surface area contributed by atoms with Crippen molar-refractivity contribution in [1.82, 2.24) is 24.6 Å². The van der Waals surface area contributed by atoms with E-state index in [0.717, 1.165) is 58.5 Å². The molecule has 184 valence electrons. The van der Waals surface area contributed by atoms with Crippen molar-refractivity contribution >= 4 is 23.1 Å². The molecule has 10 nitrogen and oxygen atoms in total. The van der Waals surface area contributed by atoms with Crippen LogP contribution in [-0.2, 0) is 16.1 Å². The number of aryl methyl sites for hydroxylation is 1. The van der Waals surface area contributed by atoms with Crippen molar-refractivity contribution < 1.29 is 14.3 Å². The lowest BCUT2D eigenvalue weighted by atomic mass is 10.1. The molecule has 2 fully saturated rings. The van der Waals surface area contributed by atoms with Gasteiger partial charge in [-0.1, -0.05) is 5.92 Å². The summed E-state index contributed by atoms with van der Waals surface area (Å²) in [7, 11) is 0. The molecule has 36 heavy (non-hydrogen) atoms. The molecule has 0 radical (unpaired) electrons. The van der Waals surface area contributed by atoms with Crippen molar-refractivity contribution in [3.05, 3.63) is 42.0 Å². The number of pyridine rings is 2. The van der Waals surface area contributed by atoms with Crippen LogP contribution in [0.5, 0.6) is 5.75 Å². The Kier molecular flexibility index (Phi) is 5.70. The van der Waals surface area contributed by atoms with E-state index in [1.807, 2.05) is 42.3 Å². The zero-order valence-corrected chi connectivity index (χ0v) is 20.3. The lowest BCUT2D eigenvalue weighted by Crippen LogP contribution is -2.50. The zero-order chi connectivity index (χ0) is 24.6. The maximum atomic E-state index is 11.9. The Balaban J connectivity index is 1.25. The number of carbonyl (C=O) groups excluding carboxylic acids is 1. The molecule has 6 rings (SSSR count). The standard InChI is InChI=1S/C26H27N7O3/c1-3-4-24(34)32-14-19(15-32)33-13-18(12-28-33)21-11-22-25(17(2)29-21)36-16-20-23(5-6-27-26(20)30-22)31-7-9-35-10-8-31/h5-6,11-13,19H,7-10,14-16H2,1-2H3,(H,27,30). The Morgan fingerprint density at radius 2 is 2.08 bits per heavy atom. The summed E-state index contributed by atoms with van der Waals surface area (Å²) in [6.07, 6.45) is 5.62. The molecule has 10 heteroatoms. The van der Waals surface area contributed by atoms with E-state index in [4.69, 9.17) is 14.5 Å². The van der Waals surface area contributed by atoms with Gasteiger partial charge in [-0.05, 0) is 31.9 Å². The first kappa shape index (κ1) is 22.4. The van der Waals surface area contributed by atoms with Crippen LogP contribution < -0.4 is 15.0 Å². The molecule has 3 aromatic heterocycles. The van der Waals surface area contributed by atoms with Crippen LogP contribution in [0.2, 0.25) is 0 Å². The molecular weight excluding hydrogens is 458 g/mol. The molecule has 0 atom stereocenters. The Hall–Kier alpha value is -4.10. The molecule has 0 spiro atoms. The summed E-state index contributed by atoms with van der Waals surface area (Å²) in [6, 6.07) is 4.16. The largest absolute Gasteiger partial charge is 0.485 e. The molecule has 1 amide bonds. The first-order valence-corrected chi connectivity index (χ1v) is 12.1. The van der Waals surface area contributed by atoms with Gasteiger partial charge in [0.05, 0.1) is 48.1 Å². The second kappa shape index (κ2) is 9.17. The summed E-state index contributed by atoms with van der Waals surface area (Å²) in [5, 5.41) is 8.03. The van der Waals surface area contributed by atoms with E-state index >= 15 is 0 Å². The van der Waals surface area contributed by atoms with Crippen LogP contribution in [0.4, 0.5) is 17.2 Å². The third-order valence-electron chi connectivity index (χ3n) is 6.79. The van der Waals surface area contributed by atoms with E-state index in [-0.39, 0.29) is 11.9 Å². The third kappa shape index (κ3) is 4.01. The van der Waals surface area contributed by atoms with E-state index in [2.05, 4.69) is 32.1 Å². The van der Waals surface area contributed by atoms with Crippen molar-refractivity contribution in [2.24, 2.45) is 0 Å². The number of hydrogen-bond acceptors (Lipinski definition) is 8. The number of likely N-dealkylation sites (tertiary alicyclic amines) is 1. The molecule has 3 aromatic rings. The average molecular weight is 486 g/mol. The molecule has 6 heterocycles. The van der Waals surface area contributed by atoms with Crippen molar-refractivity contribution in [3.8, 4) is 28.8 Å². The molecule has 0 aromatic carbocycles. The molecular formula is C26H27N7O3. The van der Waals surface area contributed by atoms with Crippen LogP contribution in [0.3, 0.4) is 0 Å². The van der Waals surface area contributed by atoms with Crippen LogP contribution in [0, 0.1) is 18.8 Å². The lowest BCUT2D eigenvalue weighted by molar-refractivity contribution is -0.130.